The lowest BCUT2D eigenvalue weighted by Gasteiger charge is -2.33. The fourth-order valence-electron chi connectivity index (χ4n) is 3.24. The van der Waals surface area contributed by atoms with Crippen LogP contribution < -0.4 is 0 Å². The normalized spacial score (nSPS) is 30.1. The maximum absolute atomic E-state index is 5.29. The van der Waals surface area contributed by atoms with Gasteiger partial charge in [0.1, 0.15) is 0 Å². The van der Waals surface area contributed by atoms with Gasteiger partial charge in [0.05, 0.1) is 6.61 Å². The Morgan fingerprint density at radius 2 is 1.94 bits per heavy atom. The first-order valence-electron chi connectivity index (χ1n) is 7.64. The van der Waals surface area contributed by atoms with E-state index in [1.54, 1.807) is 7.11 Å². The molecule has 2 aliphatic rings. The molecule has 0 spiro atoms. The second-order valence-corrected chi connectivity index (χ2v) is 4.78. The quantitative estimate of drug-likeness (QED) is 0.699. The van der Waals surface area contributed by atoms with Gasteiger partial charge in [-0.15, -0.1) is 0 Å². The molecule has 108 valence electrons. The van der Waals surface area contributed by atoms with Gasteiger partial charge in [-0.25, -0.2) is 0 Å². The summed E-state index contributed by atoms with van der Waals surface area (Å²) in [4.78, 5) is 2.64. The largest absolute Gasteiger partial charge is 0.383 e. The lowest BCUT2D eigenvalue weighted by molar-refractivity contribution is 0.0801. The van der Waals surface area contributed by atoms with Crippen molar-refractivity contribution in [3.8, 4) is 0 Å². The minimum atomic E-state index is 0.445. The zero-order valence-corrected chi connectivity index (χ0v) is 13.4. The van der Waals surface area contributed by atoms with Crippen LogP contribution in [0.25, 0.3) is 0 Å². The molecule has 18 heavy (non-hydrogen) atoms. The molecule has 2 heteroatoms. The highest BCUT2D eigenvalue weighted by Gasteiger charge is 2.48. The van der Waals surface area contributed by atoms with Crippen molar-refractivity contribution in [1.82, 2.24) is 4.90 Å². The minimum absolute atomic E-state index is 0.445. The van der Waals surface area contributed by atoms with Crippen molar-refractivity contribution in [2.45, 2.75) is 71.9 Å². The van der Waals surface area contributed by atoms with Crippen LogP contribution in [-0.4, -0.2) is 36.7 Å². The van der Waals surface area contributed by atoms with Crippen molar-refractivity contribution in [2.75, 3.05) is 20.3 Å². The van der Waals surface area contributed by atoms with Crippen molar-refractivity contribution < 1.29 is 4.74 Å². The van der Waals surface area contributed by atoms with E-state index in [-0.39, 0.29) is 0 Å². The Morgan fingerprint density at radius 3 is 2.44 bits per heavy atom. The summed E-state index contributed by atoms with van der Waals surface area (Å²) in [5.41, 5.74) is 1.85. The van der Waals surface area contributed by atoms with Crippen molar-refractivity contribution in [3.05, 3.63) is 12.2 Å². The van der Waals surface area contributed by atoms with Gasteiger partial charge >= 0.3 is 0 Å². The van der Waals surface area contributed by atoms with E-state index in [1.807, 2.05) is 27.7 Å². The zero-order valence-electron chi connectivity index (χ0n) is 13.4. The standard InChI is InChI=1S/C12H21NO.2C2H6/c1-4-12-6-5-11(9-14-3)13(12)8-10(2)7-12;2*1-2/h11H,2,4-9H2,1,3H3;2*1-2H3/t11-,12-;;/m0../s1. The number of hydrogen-bond acceptors (Lipinski definition) is 2. The fraction of sp³-hybridized carbons (Fsp3) is 0.875. The van der Waals surface area contributed by atoms with Gasteiger partial charge in [0.25, 0.3) is 0 Å². The summed E-state index contributed by atoms with van der Waals surface area (Å²) in [6.07, 6.45) is 5.10. The maximum atomic E-state index is 5.29. The summed E-state index contributed by atoms with van der Waals surface area (Å²) in [5, 5.41) is 0. The van der Waals surface area contributed by atoms with Crippen molar-refractivity contribution >= 4 is 0 Å². The van der Waals surface area contributed by atoms with E-state index in [4.69, 9.17) is 4.74 Å². The monoisotopic (exact) mass is 255 g/mol. The summed E-state index contributed by atoms with van der Waals surface area (Å²) >= 11 is 0. The van der Waals surface area contributed by atoms with Crippen LogP contribution in [0.5, 0.6) is 0 Å². The average molecular weight is 255 g/mol. The summed E-state index contributed by atoms with van der Waals surface area (Å²) in [5.74, 6) is 0. The van der Waals surface area contributed by atoms with Crippen LogP contribution in [0.15, 0.2) is 12.2 Å². The van der Waals surface area contributed by atoms with E-state index in [0.29, 0.717) is 11.6 Å². The Morgan fingerprint density at radius 1 is 1.33 bits per heavy atom. The summed E-state index contributed by atoms with van der Waals surface area (Å²) in [7, 11) is 1.80. The van der Waals surface area contributed by atoms with Gasteiger partial charge in [-0.05, 0) is 25.7 Å². The highest BCUT2D eigenvalue weighted by molar-refractivity contribution is 5.19. The highest BCUT2D eigenvalue weighted by Crippen LogP contribution is 2.45. The molecule has 0 aromatic heterocycles. The van der Waals surface area contributed by atoms with E-state index in [0.717, 1.165) is 13.2 Å². The Bertz CT molecular complexity index is 239. The molecular weight excluding hydrogens is 222 g/mol. The third kappa shape index (κ3) is 3.58. The van der Waals surface area contributed by atoms with Crippen LogP contribution in [0.4, 0.5) is 0 Å². The van der Waals surface area contributed by atoms with Crippen molar-refractivity contribution in [3.63, 3.8) is 0 Å². The van der Waals surface area contributed by atoms with E-state index in [1.165, 1.54) is 31.3 Å². The third-order valence-electron chi connectivity index (χ3n) is 3.98. The maximum Gasteiger partial charge on any atom is 0.0618 e. The molecule has 2 aliphatic heterocycles. The predicted octanol–water partition coefficient (Wildman–Crippen LogP) is 4.26. The Kier molecular flexibility index (Phi) is 8.54. The SMILES string of the molecule is C=C1CN2[C@H](COC)CC[C@@]2(CC)C1.CC.CC. The van der Waals surface area contributed by atoms with Gasteiger partial charge in [0.15, 0.2) is 0 Å². The third-order valence-corrected chi connectivity index (χ3v) is 3.98. The van der Waals surface area contributed by atoms with Gasteiger partial charge in [0.2, 0.25) is 0 Å². The molecule has 0 amide bonds. The van der Waals surface area contributed by atoms with Gasteiger partial charge in [-0.3, -0.25) is 4.90 Å². The van der Waals surface area contributed by atoms with Gasteiger partial charge < -0.3 is 4.74 Å². The van der Waals surface area contributed by atoms with Crippen LogP contribution in [0.1, 0.15) is 60.3 Å². The molecule has 2 rings (SSSR count). The number of ether oxygens (including phenoxy) is 1. The van der Waals surface area contributed by atoms with Crippen molar-refractivity contribution in [2.24, 2.45) is 0 Å². The first-order valence-corrected chi connectivity index (χ1v) is 7.64. The molecule has 0 N–H and O–H groups in total. The molecule has 0 unspecified atom stereocenters. The number of rotatable bonds is 3. The molecule has 2 atom stereocenters. The highest BCUT2D eigenvalue weighted by atomic mass is 16.5. The molecule has 0 aliphatic carbocycles. The van der Waals surface area contributed by atoms with Gasteiger partial charge in [-0.1, -0.05) is 46.8 Å². The zero-order chi connectivity index (χ0) is 14.2. The molecule has 2 fully saturated rings. The summed E-state index contributed by atoms with van der Waals surface area (Å²) in [6.45, 7) is 16.4. The van der Waals surface area contributed by atoms with Crippen LogP contribution >= 0.6 is 0 Å². The second-order valence-electron chi connectivity index (χ2n) is 4.78. The fourth-order valence-corrected chi connectivity index (χ4v) is 3.24. The van der Waals surface area contributed by atoms with Crippen LogP contribution in [0.2, 0.25) is 0 Å². The van der Waals surface area contributed by atoms with E-state index >= 15 is 0 Å². The molecule has 0 radical (unpaired) electrons. The lowest BCUT2D eigenvalue weighted by atomic mass is 9.90. The number of methoxy groups -OCH3 is 1. The molecular formula is C16H33NO. The lowest BCUT2D eigenvalue weighted by Crippen LogP contribution is -2.43. The first-order chi connectivity index (χ1) is 8.72. The van der Waals surface area contributed by atoms with E-state index in [9.17, 15) is 0 Å². The van der Waals surface area contributed by atoms with Crippen LogP contribution in [0.3, 0.4) is 0 Å². The van der Waals surface area contributed by atoms with Crippen molar-refractivity contribution in [1.29, 1.82) is 0 Å². The van der Waals surface area contributed by atoms with Gasteiger partial charge in [-0.2, -0.15) is 0 Å². The number of fused-ring (bicyclic) bond motifs is 1. The Labute approximate surface area is 114 Å². The van der Waals surface area contributed by atoms with E-state index in [2.05, 4.69) is 18.4 Å². The minimum Gasteiger partial charge on any atom is -0.383 e. The Hall–Kier alpha value is -0.340. The molecule has 2 saturated heterocycles. The smallest absolute Gasteiger partial charge is 0.0618 e. The number of hydrogen-bond donors (Lipinski definition) is 0. The molecule has 2 heterocycles. The molecule has 2 nitrogen and oxygen atoms in total. The topological polar surface area (TPSA) is 12.5 Å². The summed E-state index contributed by atoms with van der Waals surface area (Å²) < 4.78 is 5.29. The second kappa shape index (κ2) is 8.71. The predicted molar refractivity (Wildman–Crippen MR) is 81.1 cm³/mol. The molecule has 0 bridgehead atoms. The van der Waals surface area contributed by atoms with Gasteiger partial charge in [0, 0.05) is 25.2 Å². The van der Waals surface area contributed by atoms with Crippen LogP contribution in [-0.2, 0) is 4.74 Å². The van der Waals surface area contributed by atoms with Crippen LogP contribution in [0, 0.1) is 0 Å². The Balaban J connectivity index is 0.000000659. The molecule has 0 aromatic carbocycles. The molecule has 0 aromatic rings. The first kappa shape index (κ1) is 17.7. The van der Waals surface area contributed by atoms with E-state index < -0.39 is 0 Å². The number of nitrogens with zero attached hydrogens (tertiary/aromatic N) is 1. The summed E-state index contributed by atoms with van der Waals surface area (Å²) in [6, 6.07) is 0.638. The average Bonchev–Trinajstić information content (AvgIpc) is 2.91. The molecule has 0 saturated carbocycles.